The van der Waals surface area contributed by atoms with Crippen LogP contribution in [0.15, 0.2) is 12.1 Å². The van der Waals surface area contributed by atoms with Crippen molar-refractivity contribution in [2.45, 2.75) is 19.3 Å². The lowest BCUT2D eigenvalue weighted by Gasteiger charge is -2.26. The Bertz CT molecular complexity index is 444. The Morgan fingerprint density at radius 1 is 1.53 bits per heavy atom. The summed E-state index contributed by atoms with van der Waals surface area (Å²) in [6.07, 6.45) is 3.61. The Balaban J connectivity index is 2.11. The highest BCUT2D eigenvalue weighted by molar-refractivity contribution is 5.90. The maximum atomic E-state index is 13.4. The Kier molecular flexibility index (Phi) is 3.17. The maximum Gasteiger partial charge on any atom is 0.338 e. The van der Waals surface area contributed by atoms with Gasteiger partial charge in [0.05, 0.1) is 16.9 Å². The molecule has 0 aromatic heterocycles. The van der Waals surface area contributed by atoms with Gasteiger partial charge in [0.2, 0.25) is 0 Å². The largest absolute Gasteiger partial charge is 0.478 e. The molecular weight excluding hydrogens is 223 g/mol. The smallest absolute Gasteiger partial charge is 0.338 e. The average molecular weight is 238 g/mol. The van der Waals surface area contributed by atoms with Crippen molar-refractivity contribution in [3.8, 4) is 0 Å². The van der Waals surface area contributed by atoms with Crippen molar-refractivity contribution in [3.63, 3.8) is 0 Å². The molecule has 1 aromatic carbocycles. The number of carbonyl (C=O) groups is 1. The number of benzene rings is 1. The van der Waals surface area contributed by atoms with E-state index in [4.69, 9.17) is 10.8 Å². The second-order valence-corrected chi connectivity index (χ2v) is 4.40. The number of hydrogen-bond acceptors (Lipinski definition) is 3. The molecule has 92 valence electrons. The molecule has 0 spiro atoms. The van der Waals surface area contributed by atoms with Crippen LogP contribution in [0.4, 0.5) is 15.8 Å². The molecule has 4 N–H and O–H groups in total. The topological polar surface area (TPSA) is 75.4 Å². The Morgan fingerprint density at radius 2 is 2.24 bits per heavy atom. The van der Waals surface area contributed by atoms with E-state index in [1.807, 2.05) is 0 Å². The van der Waals surface area contributed by atoms with Crippen LogP contribution in [0.3, 0.4) is 0 Å². The first-order valence-electron chi connectivity index (χ1n) is 5.64. The molecule has 1 fully saturated rings. The predicted octanol–water partition coefficient (Wildman–Crippen LogP) is 2.32. The third-order valence-electron chi connectivity index (χ3n) is 3.18. The number of nitrogens with two attached hydrogens (primary N) is 1. The van der Waals surface area contributed by atoms with Gasteiger partial charge >= 0.3 is 5.97 Å². The van der Waals surface area contributed by atoms with E-state index in [2.05, 4.69) is 5.32 Å². The van der Waals surface area contributed by atoms with Gasteiger partial charge in [0, 0.05) is 6.54 Å². The van der Waals surface area contributed by atoms with Gasteiger partial charge < -0.3 is 16.2 Å². The summed E-state index contributed by atoms with van der Waals surface area (Å²) in [7, 11) is 0. The zero-order valence-corrected chi connectivity index (χ0v) is 9.37. The van der Waals surface area contributed by atoms with Gasteiger partial charge in [-0.3, -0.25) is 0 Å². The quantitative estimate of drug-likeness (QED) is 0.704. The number of hydrogen-bond donors (Lipinski definition) is 3. The normalized spacial score (nSPS) is 15.4. The van der Waals surface area contributed by atoms with Crippen LogP contribution in [0.2, 0.25) is 0 Å². The highest BCUT2D eigenvalue weighted by atomic mass is 19.1. The zero-order valence-electron chi connectivity index (χ0n) is 9.37. The van der Waals surface area contributed by atoms with Crippen LogP contribution in [-0.2, 0) is 0 Å². The van der Waals surface area contributed by atoms with Crippen LogP contribution in [0.5, 0.6) is 0 Å². The predicted molar refractivity (Wildman–Crippen MR) is 63.6 cm³/mol. The second kappa shape index (κ2) is 4.61. The minimum Gasteiger partial charge on any atom is -0.478 e. The van der Waals surface area contributed by atoms with Crippen LogP contribution < -0.4 is 11.1 Å². The van der Waals surface area contributed by atoms with Gasteiger partial charge in [0.25, 0.3) is 0 Å². The molecule has 0 aliphatic heterocycles. The number of carboxylic acids is 1. The minimum atomic E-state index is -1.31. The Morgan fingerprint density at radius 3 is 2.76 bits per heavy atom. The van der Waals surface area contributed by atoms with Gasteiger partial charge in [-0.25, -0.2) is 9.18 Å². The fourth-order valence-corrected chi connectivity index (χ4v) is 1.86. The molecule has 0 atom stereocenters. The van der Waals surface area contributed by atoms with E-state index in [-0.39, 0.29) is 5.69 Å². The number of nitrogen functional groups attached to an aromatic ring is 1. The van der Waals surface area contributed by atoms with E-state index >= 15 is 0 Å². The van der Waals surface area contributed by atoms with Crippen LogP contribution in [-0.4, -0.2) is 17.6 Å². The number of aromatic carboxylic acids is 1. The number of rotatable bonds is 4. The summed E-state index contributed by atoms with van der Waals surface area (Å²) in [5, 5.41) is 11.8. The van der Waals surface area contributed by atoms with Crippen LogP contribution in [0, 0.1) is 11.7 Å². The third-order valence-corrected chi connectivity index (χ3v) is 3.18. The molecule has 1 saturated carbocycles. The summed E-state index contributed by atoms with van der Waals surface area (Å²) >= 11 is 0. The Hall–Kier alpha value is -1.78. The summed E-state index contributed by atoms with van der Waals surface area (Å²) in [6.45, 7) is 0.760. The first-order valence-corrected chi connectivity index (χ1v) is 5.64. The third kappa shape index (κ3) is 2.49. The summed E-state index contributed by atoms with van der Waals surface area (Å²) < 4.78 is 13.4. The number of nitrogens with one attached hydrogen (secondary N) is 1. The van der Waals surface area contributed by atoms with E-state index in [0.717, 1.165) is 18.7 Å². The van der Waals surface area contributed by atoms with E-state index in [9.17, 15) is 9.18 Å². The van der Waals surface area contributed by atoms with Crippen molar-refractivity contribution in [1.29, 1.82) is 0 Å². The van der Waals surface area contributed by atoms with Crippen LogP contribution >= 0.6 is 0 Å². The van der Waals surface area contributed by atoms with Crippen LogP contribution in [0.25, 0.3) is 0 Å². The van der Waals surface area contributed by atoms with Crippen molar-refractivity contribution in [1.82, 2.24) is 0 Å². The highest BCUT2D eigenvalue weighted by Gasteiger charge is 2.18. The molecular formula is C12H15FN2O2. The van der Waals surface area contributed by atoms with Crippen molar-refractivity contribution in [2.75, 3.05) is 17.6 Å². The minimum absolute atomic E-state index is 0.267. The lowest BCUT2D eigenvalue weighted by molar-refractivity contribution is 0.0692. The number of halogens is 1. The van der Waals surface area contributed by atoms with E-state index in [1.54, 1.807) is 0 Å². The maximum absolute atomic E-state index is 13.4. The second-order valence-electron chi connectivity index (χ2n) is 4.40. The SMILES string of the molecule is Nc1cc(C(=O)O)c(F)cc1NCC1CCC1. The summed E-state index contributed by atoms with van der Waals surface area (Å²) in [4.78, 5) is 10.7. The molecule has 2 rings (SSSR count). The molecule has 17 heavy (non-hydrogen) atoms. The van der Waals surface area contributed by atoms with E-state index in [0.29, 0.717) is 11.6 Å². The van der Waals surface area contributed by atoms with Gasteiger partial charge in [-0.05, 0) is 30.9 Å². The summed E-state index contributed by atoms with van der Waals surface area (Å²) in [5.41, 5.74) is 6.03. The summed E-state index contributed by atoms with van der Waals surface area (Å²) in [6, 6.07) is 2.30. The molecule has 5 heteroatoms. The first-order chi connectivity index (χ1) is 8.08. The van der Waals surface area contributed by atoms with Gasteiger partial charge in [0.1, 0.15) is 5.82 Å². The molecule has 1 aliphatic rings. The molecule has 1 aliphatic carbocycles. The monoisotopic (exact) mass is 238 g/mol. The van der Waals surface area contributed by atoms with Gasteiger partial charge in [0.15, 0.2) is 0 Å². The standard InChI is InChI=1S/C12H15FN2O2/c13-9-5-11(15-6-7-2-1-3-7)10(14)4-8(9)12(16)17/h4-5,7,15H,1-3,6,14H2,(H,16,17). The molecule has 0 bridgehead atoms. The van der Waals surface area contributed by atoms with Gasteiger partial charge in [-0.1, -0.05) is 6.42 Å². The molecule has 0 radical (unpaired) electrons. The highest BCUT2D eigenvalue weighted by Crippen LogP contribution is 2.28. The zero-order chi connectivity index (χ0) is 12.4. The van der Waals surface area contributed by atoms with Gasteiger partial charge in [-0.2, -0.15) is 0 Å². The fourth-order valence-electron chi connectivity index (χ4n) is 1.86. The van der Waals surface area contributed by atoms with E-state index < -0.39 is 17.3 Å². The molecule has 1 aromatic rings. The molecule has 0 heterocycles. The fraction of sp³-hybridized carbons (Fsp3) is 0.417. The van der Waals surface area contributed by atoms with E-state index in [1.165, 1.54) is 19.3 Å². The van der Waals surface area contributed by atoms with Crippen molar-refractivity contribution >= 4 is 17.3 Å². The van der Waals surface area contributed by atoms with Crippen molar-refractivity contribution < 1.29 is 14.3 Å². The van der Waals surface area contributed by atoms with Gasteiger partial charge in [-0.15, -0.1) is 0 Å². The first kappa shape index (κ1) is 11.7. The number of anilines is 2. The lowest BCUT2D eigenvalue weighted by Crippen LogP contribution is -2.21. The van der Waals surface area contributed by atoms with Crippen LogP contribution in [0.1, 0.15) is 29.6 Å². The van der Waals surface area contributed by atoms with Crippen molar-refractivity contribution in [2.24, 2.45) is 5.92 Å². The Labute approximate surface area is 98.6 Å². The van der Waals surface area contributed by atoms with Crippen molar-refractivity contribution in [3.05, 3.63) is 23.5 Å². The molecule has 0 amide bonds. The lowest BCUT2D eigenvalue weighted by atomic mass is 9.85. The molecule has 0 unspecified atom stereocenters. The number of carboxylic acid groups (broad SMARTS) is 1. The summed E-state index contributed by atoms with van der Waals surface area (Å²) in [5.74, 6) is -1.45. The molecule has 4 nitrogen and oxygen atoms in total. The molecule has 0 saturated heterocycles. The average Bonchev–Trinajstić information content (AvgIpc) is 2.19.